The first-order valence-corrected chi connectivity index (χ1v) is 11.6. The van der Waals surface area contributed by atoms with Gasteiger partial charge in [0.15, 0.2) is 0 Å². The summed E-state index contributed by atoms with van der Waals surface area (Å²) in [6, 6.07) is 14.5. The number of nitrogens with one attached hydrogen (secondary N) is 1. The molecule has 5 rings (SSSR count). The van der Waals surface area contributed by atoms with Crippen molar-refractivity contribution < 1.29 is 9.53 Å². The summed E-state index contributed by atoms with van der Waals surface area (Å²) >= 11 is 0. The summed E-state index contributed by atoms with van der Waals surface area (Å²) in [5, 5.41) is 7.75. The van der Waals surface area contributed by atoms with Crippen LogP contribution in [0.25, 0.3) is 5.69 Å². The smallest absolute Gasteiger partial charge is 0.224 e. The third kappa shape index (κ3) is 4.70. The van der Waals surface area contributed by atoms with E-state index in [4.69, 9.17) is 9.84 Å². The van der Waals surface area contributed by atoms with Crippen molar-refractivity contribution in [2.75, 3.05) is 25.0 Å². The van der Waals surface area contributed by atoms with E-state index in [0.717, 1.165) is 62.4 Å². The van der Waals surface area contributed by atoms with E-state index >= 15 is 0 Å². The minimum Gasteiger partial charge on any atom is -0.494 e. The molecule has 1 amide bonds. The summed E-state index contributed by atoms with van der Waals surface area (Å²) in [4.78, 5) is 14.1. The fourth-order valence-electron chi connectivity index (χ4n) is 4.53. The quantitative estimate of drug-likeness (QED) is 0.569. The molecule has 1 aromatic heterocycles. The van der Waals surface area contributed by atoms with Crippen LogP contribution in [-0.4, -0.2) is 40.3 Å². The lowest BCUT2D eigenvalue weighted by molar-refractivity contribution is -0.116. The Morgan fingerprint density at radius 3 is 2.91 bits per heavy atom. The van der Waals surface area contributed by atoms with Gasteiger partial charge in [-0.15, -0.1) is 0 Å². The summed E-state index contributed by atoms with van der Waals surface area (Å²) in [6.07, 6.45) is 6.68. The van der Waals surface area contributed by atoms with Crippen LogP contribution in [0.1, 0.15) is 41.6 Å². The van der Waals surface area contributed by atoms with E-state index in [0.29, 0.717) is 13.0 Å². The molecule has 0 saturated heterocycles. The number of rotatable bonds is 7. The second-order valence-corrected chi connectivity index (χ2v) is 8.83. The van der Waals surface area contributed by atoms with Gasteiger partial charge in [-0.3, -0.25) is 9.69 Å². The molecule has 0 saturated carbocycles. The number of amides is 1. The molecule has 0 unspecified atom stereocenters. The molecule has 3 aromatic rings. The van der Waals surface area contributed by atoms with Crippen molar-refractivity contribution in [3.8, 4) is 11.4 Å². The lowest BCUT2D eigenvalue weighted by Crippen LogP contribution is -2.31. The molecular weight excluding hydrogens is 400 g/mol. The van der Waals surface area contributed by atoms with Gasteiger partial charge >= 0.3 is 0 Å². The number of aromatic nitrogens is 2. The number of aryl methyl sites for hydroxylation is 2. The van der Waals surface area contributed by atoms with E-state index in [1.807, 2.05) is 16.8 Å². The highest BCUT2D eigenvalue weighted by molar-refractivity contribution is 5.94. The molecule has 2 aromatic carbocycles. The van der Waals surface area contributed by atoms with Crippen molar-refractivity contribution >= 4 is 11.6 Å². The van der Waals surface area contributed by atoms with Crippen LogP contribution in [0.2, 0.25) is 0 Å². The molecule has 0 fully saturated rings. The maximum atomic E-state index is 11.6. The predicted molar refractivity (Wildman–Crippen MR) is 125 cm³/mol. The third-order valence-electron chi connectivity index (χ3n) is 6.32. The van der Waals surface area contributed by atoms with Crippen LogP contribution in [0.4, 0.5) is 5.69 Å². The molecule has 0 radical (unpaired) electrons. The van der Waals surface area contributed by atoms with Crippen LogP contribution >= 0.6 is 0 Å². The SMILES string of the molecule is Cc1cccc(-n2cc3c(n2)CCN(CCCCOc2ccc4c(c2)NC(=O)CC4)C3)c1. The first kappa shape index (κ1) is 20.8. The second-order valence-electron chi connectivity index (χ2n) is 8.83. The average Bonchev–Trinajstić information content (AvgIpc) is 3.22. The Morgan fingerprint density at radius 1 is 1.06 bits per heavy atom. The number of hydrogen-bond donors (Lipinski definition) is 1. The van der Waals surface area contributed by atoms with Gasteiger partial charge in [0.25, 0.3) is 0 Å². The molecule has 6 nitrogen and oxygen atoms in total. The van der Waals surface area contributed by atoms with Gasteiger partial charge in [-0.25, -0.2) is 4.68 Å². The van der Waals surface area contributed by atoms with E-state index in [2.05, 4.69) is 53.7 Å². The van der Waals surface area contributed by atoms with Crippen LogP contribution in [0.3, 0.4) is 0 Å². The Hall–Kier alpha value is -3.12. The minimum atomic E-state index is 0.0868. The number of ether oxygens (including phenoxy) is 1. The summed E-state index contributed by atoms with van der Waals surface area (Å²) in [7, 11) is 0. The molecule has 166 valence electrons. The first-order valence-electron chi connectivity index (χ1n) is 11.6. The highest BCUT2D eigenvalue weighted by Crippen LogP contribution is 2.27. The van der Waals surface area contributed by atoms with E-state index in [-0.39, 0.29) is 5.91 Å². The summed E-state index contributed by atoms with van der Waals surface area (Å²) in [5.74, 6) is 0.917. The van der Waals surface area contributed by atoms with Gasteiger partial charge in [-0.05, 0) is 62.1 Å². The average molecular weight is 431 g/mol. The Morgan fingerprint density at radius 2 is 2.00 bits per heavy atom. The van der Waals surface area contributed by atoms with Crippen molar-refractivity contribution in [2.24, 2.45) is 0 Å². The molecule has 1 N–H and O–H groups in total. The summed E-state index contributed by atoms with van der Waals surface area (Å²) in [6.45, 7) is 5.90. The number of unbranched alkanes of at least 4 members (excludes halogenated alkanes) is 1. The molecule has 0 aliphatic carbocycles. The number of anilines is 1. The fraction of sp³-hybridized carbons (Fsp3) is 0.385. The van der Waals surface area contributed by atoms with E-state index in [1.54, 1.807) is 0 Å². The largest absolute Gasteiger partial charge is 0.494 e. The van der Waals surface area contributed by atoms with Crippen LogP contribution in [0, 0.1) is 6.92 Å². The number of carbonyl (C=O) groups excluding carboxylic acids is 1. The number of carbonyl (C=O) groups is 1. The van der Waals surface area contributed by atoms with E-state index < -0.39 is 0 Å². The van der Waals surface area contributed by atoms with E-state index in [1.165, 1.54) is 22.4 Å². The Bertz CT molecular complexity index is 1120. The Balaban J connectivity index is 1.08. The Labute approximate surface area is 189 Å². The lowest BCUT2D eigenvalue weighted by Gasteiger charge is -2.25. The zero-order chi connectivity index (χ0) is 21.9. The maximum absolute atomic E-state index is 11.6. The molecule has 2 aliphatic rings. The van der Waals surface area contributed by atoms with Crippen LogP contribution < -0.4 is 10.1 Å². The van der Waals surface area contributed by atoms with Gasteiger partial charge in [0, 0.05) is 49.4 Å². The van der Waals surface area contributed by atoms with Gasteiger partial charge < -0.3 is 10.1 Å². The van der Waals surface area contributed by atoms with E-state index in [9.17, 15) is 4.79 Å². The molecule has 0 spiro atoms. The van der Waals surface area contributed by atoms with Crippen molar-refractivity contribution in [3.05, 3.63) is 71.0 Å². The number of benzene rings is 2. The van der Waals surface area contributed by atoms with Crippen LogP contribution in [0.15, 0.2) is 48.7 Å². The monoisotopic (exact) mass is 430 g/mol. The normalized spacial score (nSPS) is 15.7. The molecular formula is C26H30N4O2. The maximum Gasteiger partial charge on any atom is 0.224 e. The van der Waals surface area contributed by atoms with Gasteiger partial charge in [-0.2, -0.15) is 5.10 Å². The molecule has 3 heterocycles. The second kappa shape index (κ2) is 9.17. The van der Waals surface area contributed by atoms with Crippen LogP contribution in [0.5, 0.6) is 5.75 Å². The minimum absolute atomic E-state index is 0.0868. The van der Waals surface area contributed by atoms with Gasteiger partial charge in [0.2, 0.25) is 5.91 Å². The third-order valence-corrected chi connectivity index (χ3v) is 6.32. The highest BCUT2D eigenvalue weighted by atomic mass is 16.5. The zero-order valence-corrected chi connectivity index (χ0v) is 18.6. The van der Waals surface area contributed by atoms with Gasteiger partial charge in [0.05, 0.1) is 18.0 Å². The molecule has 2 aliphatic heterocycles. The van der Waals surface area contributed by atoms with Gasteiger partial charge in [0.1, 0.15) is 5.75 Å². The first-order chi connectivity index (χ1) is 15.6. The van der Waals surface area contributed by atoms with Crippen LogP contribution in [-0.2, 0) is 24.2 Å². The standard InChI is InChI=1S/C26H30N4O2/c1-19-5-4-6-22(15-19)30-18-21-17-29(13-11-24(21)28-30)12-2-3-14-32-23-9-7-20-8-10-26(31)27-25(20)16-23/h4-7,9,15-16,18H,2-3,8,10-14,17H2,1H3,(H,27,31). The predicted octanol–water partition coefficient (Wildman–Crippen LogP) is 4.28. The molecule has 32 heavy (non-hydrogen) atoms. The van der Waals surface area contributed by atoms with Gasteiger partial charge in [-0.1, -0.05) is 18.2 Å². The van der Waals surface area contributed by atoms with Crippen molar-refractivity contribution in [1.82, 2.24) is 14.7 Å². The molecule has 0 atom stereocenters. The summed E-state index contributed by atoms with van der Waals surface area (Å²) < 4.78 is 7.96. The summed E-state index contributed by atoms with van der Waals surface area (Å²) in [5.41, 5.74) is 7.03. The number of nitrogens with zero attached hydrogens (tertiary/aromatic N) is 3. The molecule has 0 bridgehead atoms. The fourth-order valence-corrected chi connectivity index (χ4v) is 4.53. The molecule has 6 heteroatoms. The number of hydrogen-bond acceptors (Lipinski definition) is 4. The van der Waals surface area contributed by atoms with Crippen molar-refractivity contribution in [1.29, 1.82) is 0 Å². The highest BCUT2D eigenvalue weighted by Gasteiger charge is 2.20. The number of fused-ring (bicyclic) bond motifs is 2. The zero-order valence-electron chi connectivity index (χ0n) is 18.6. The Kier molecular flexibility index (Phi) is 5.95. The van der Waals surface area contributed by atoms with Crippen molar-refractivity contribution in [3.63, 3.8) is 0 Å². The van der Waals surface area contributed by atoms with Crippen molar-refractivity contribution in [2.45, 2.75) is 45.6 Å². The topological polar surface area (TPSA) is 59.4 Å². The lowest BCUT2D eigenvalue weighted by atomic mass is 10.0.